The molecular formula is C13H21N3S2. The molecule has 0 aromatic carbocycles. The number of nitrogens with one attached hydrogen (secondary N) is 1. The number of aromatic nitrogens is 1. The van der Waals surface area contributed by atoms with Gasteiger partial charge in [0.1, 0.15) is 0 Å². The summed E-state index contributed by atoms with van der Waals surface area (Å²) in [4.78, 5) is 4.38. The summed E-state index contributed by atoms with van der Waals surface area (Å²) in [6.45, 7) is 4.27. The van der Waals surface area contributed by atoms with Crippen molar-refractivity contribution < 1.29 is 0 Å². The van der Waals surface area contributed by atoms with Gasteiger partial charge in [-0.05, 0) is 25.0 Å². The van der Waals surface area contributed by atoms with Gasteiger partial charge in [-0.25, -0.2) is 0 Å². The second-order valence-electron chi connectivity index (χ2n) is 4.53. The molecular weight excluding hydrogens is 262 g/mol. The topological polar surface area (TPSA) is 50.9 Å². The fraction of sp³-hybridized carbons (Fsp3) is 0.615. The number of hydrogen-bond acceptors (Lipinski definition) is 5. The fourth-order valence-electron chi connectivity index (χ4n) is 2.29. The lowest BCUT2D eigenvalue weighted by Crippen LogP contribution is -2.41. The van der Waals surface area contributed by atoms with Crippen molar-refractivity contribution in [1.29, 1.82) is 0 Å². The molecule has 1 aliphatic rings. The summed E-state index contributed by atoms with van der Waals surface area (Å²) in [5.74, 6) is 8.25. The van der Waals surface area contributed by atoms with Gasteiger partial charge in [0, 0.05) is 33.9 Å². The first-order chi connectivity index (χ1) is 8.76. The van der Waals surface area contributed by atoms with Gasteiger partial charge in [-0.3, -0.25) is 16.3 Å². The number of pyridine rings is 1. The molecule has 1 saturated heterocycles. The minimum Gasteiger partial charge on any atom is -0.271 e. The Kier molecular flexibility index (Phi) is 5.36. The molecule has 1 aromatic rings. The lowest BCUT2D eigenvalue weighted by atomic mass is 10.0. The largest absolute Gasteiger partial charge is 0.271 e. The fourth-order valence-corrected chi connectivity index (χ4v) is 5.52. The van der Waals surface area contributed by atoms with E-state index >= 15 is 0 Å². The van der Waals surface area contributed by atoms with Gasteiger partial charge in [-0.1, -0.05) is 13.0 Å². The molecule has 18 heavy (non-hydrogen) atoms. The van der Waals surface area contributed by atoms with E-state index in [1.54, 1.807) is 0 Å². The Bertz CT molecular complexity index is 369. The van der Waals surface area contributed by atoms with Crippen LogP contribution in [0.2, 0.25) is 0 Å². The predicted octanol–water partition coefficient (Wildman–Crippen LogP) is 2.52. The van der Waals surface area contributed by atoms with Crippen LogP contribution in [0.15, 0.2) is 18.3 Å². The zero-order valence-corrected chi connectivity index (χ0v) is 12.6. The molecule has 0 aliphatic carbocycles. The SMILES string of the molecule is CCC1SCCSC1C(NN)c1ccc(C)nc1. The first-order valence-corrected chi connectivity index (χ1v) is 8.48. The summed E-state index contributed by atoms with van der Waals surface area (Å²) in [5.41, 5.74) is 5.24. The molecule has 0 amide bonds. The molecule has 0 radical (unpaired) electrons. The molecule has 3 N–H and O–H groups in total. The quantitative estimate of drug-likeness (QED) is 0.657. The van der Waals surface area contributed by atoms with Crippen LogP contribution in [0.25, 0.3) is 0 Å². The van der Waals surface area contributed by atoms with Gasteiger partial charge in [0.25, 0.3) is 0 Å². The van der Waals surface area contributed by atoms with Crippen molar-refractivity contribution in [3.05, 3.63) is 29.6 Å². The molecule has 3 nitrogen and oxygen atoms in total. The molecule has 2 heterocycles. The van der Waals surface area contributed by atoms with Crippen LogP contribution in [-0.4, -0.2) is 27.0 Å². The van der Waals surface area contributed by atoms with Crippen molar-refractivity contribution >= 4 is 23.5 Å². The van der Waals surface area contributed by atoms with E-state index in [9.17, 15) is 0 Å². The monoisotopic (exact) mass is 283 g/mol. The Morgan fingerprint density at radius 1 is 1.44 bits per heavy atom. The van der Waals surface area contributed by atoms with Gasteiger partial charge >= 0.3 is 0 Å². The number of hydrogen-bond donors (Lipinski definition) is 2. The van der Waals surface area contributed by atoms with Crippen molar-refractivity contribution in [2.24, 2.45) is 5.84 Å². The summed E-state index contributed by atoms with van der Waals surface area (Å²) in [5, 5.41) is 1.20. The van der Waals surface area contributed by atoms with Gasteiger partial charge in [0.15, 0.2) is 0 Å². The molecule has 1 fully saturated rings. The van der Waals surface area contributed by atoms with Crippen molar-refractivity contribution in [3.63, 3.8) is 0 Å². The van der Waals surface area contributed by atoms with E-state index in [0.29, 0.717) is 10.5 Å². The third kappa shape index (κ3) is 3.20. The number of thioether (sulfide) groups is 2. The zero-order chi connectivity index (χ0) is 13.0. The normalized spacial score (nSPS) is 25.9. The van der Waals surface area contributed by atoms with Gasteiger partial charge in [-0.15, -0.1) is 0 Å². The van der Waals surface area contributed by atoms with Crippen LogP contribution in [0.4, 0.5) is 0 Å². The zero-order valence-electron chi connectivity index (χ0n) is 10.9. The summed E-state index contributed by atoms with van der Waals surface area (Å²) in [7, 11) is 0. The Morgan fingerprint density at radius 3 is 2.83 bits per heavy atom. The van der Waals surface area contributed by atoms with Crippen LogP contribution in [0.3, 0.4) is 0 Å². The van der Waals surface area contributed by atoms with Crippen LogP contribution in [0.5, 0.6) is 0 Å². The lowest BCUT2D eigenvalue weighted by molar-refractivity contribution is 0.512. The van der Waals surface area contributed by atoms with Crippen LogP contribution >= 0.6 is 23.5 Å². The lowest BCUT2D eigenvalue weighted by Gasteiger charge is -2.35. The number of aryl methyl sites for hydroxylation is 1. The minimum absolute atomic E-state index is 0.195. The summed E-state index contributed by atoms with van der Waals surface area (Å²) in [6, 6.07) is 4.39. The first-order valence-electron chi connectivity index (χ1n) is 6.38. The Morgan fingerprint density at radius 2 is 2.22 bits per heavy atom. The maximum atomic E-state index is 5.79. The molecule has 3 atom stereocenters. The molecule has 0 bridgehead atoms. The molecule has 0 saturated carbocycles. The summed E-state index contributed by atoms with van der Waals surface area (Å²) in [6.07, 6.45) is 3.15. The smallest absolute Gasteiger partial charge is 0.0604 e. The van der Waals surface area contributed by atoms with Crippen LogP contribution in [0, 0.1) is 6.92 Å². The molecule has 0 spiro atoms. The van der Waals surface area contributed by atoms with E-state index in [-0.39, 0.29) is 6.04 Å². The average Bonchev–Trinajstić information content (AvgIpc) is 2.42. The molecule has 1 aliphatic heterocycles. The second-order valence-corrected chi connectivity index (χ2v) is 7.16. The van der Waals surface area contributed by atoms with Crippen LogP contribution in [-0.2, 0) is 0 Å². The van der Waals surface area contributed by atoms with Gasteiger partial charge < -0.3 is 0 Å². The number of nitrogens with two attached hydrogens (primary N) is 1. The highest BCUT2D eigenvalue weighted by atomic mass is 32.2. The van der Waals surface area contributed by atoms with E-state index in [1.807, 2.05) is 24.9 Å². The van der Waals surface area contributed by atoms with Crippen molar-refractivity contribution in [2.45, 2.75) is 36.8 Å². The van der Waals surface area contributed by atoms with Crippen molar-refractivity contribution in [1.82, 2.24) is 10.4 Å². The predicted molar refractivity (Wildman–Crippen MR) is 81.8 cm³/mol. The summed E-state index contributed by atoms with van der Waals surface area (Å²) >= 11 is 4.11. The van der Waals surface area contributed by atoms with E-state index in [1.165, 1.54) is 23.5 Å². The highest BCUT2D eigenvalue weighted by molar-refractivity contribution is 8.07. The van der Waals surface area contributed by atoms with E-state index in [4.69, 9.17) is 5.84 Å². The van der Waals surface area contributed by atoms with Crippen molar-refractivity contribution in [3.8, 4) is 0 Å². The maximum Gasteiger partial charge on any atom is 0.0604 e. The average molecular weight is 283 g/mol. The Labute approximate surface area is 118 Å². The molecule has 100 valence electrons. The molecule has 1 aromatic heterocycles. The molecule has 3 unspecified atom stereocenters. The van der Waals surface area contributed by atoms with Gasteiger partial charge in [0.05, 0.1) is 6.04 Å². The summed E-state index contributed by atoms with van der Waals surface area (Å²) < 4.78 is 0. The number of nitrogens with zero attached hydrogens (tertiary/aromatic N) is 1. The number of rotatable bonds is 4. The molecule has 2 rings (SSSR count). The van der Waals surface area contributed by atoms with Crippen LogP contribution in [0.1, 0.15) is 30.6 Å². The Balaban J connectivity index is 2.18. The van der Waals surface area contributed by atoms with E-state index in [2.05, 4.69) is 41.2 Å². The van der Waals surface area contributed by atoms with Crippen molar-refractivity contribution in [2.75, 3.05) is 11.5 Å². The van der Waals surface area contributed by atoms with Gasteiger partial charge in [-0.2, -0.15) is 23.5 Å². The highest BCUT2D eigenvalue weighted by Gasteiger charge is 2.32. The van der Waals surface area contributed by atoms with E-state index < -0.39 is 0 Å². The van der Waals surface area contributed by atoms with Crippen LogP contribution < -0.4 is 11.3 Å². The maximum absolute atomic E-state index is 5.79. The van der Waals surface area contributed by atoms with E-state index in [0.717, 1.165) is 5.69 Å². The standard InChI is InChI=1S/C13H21N3S2/c1-3-11-13(18-7-6-17-11)12(16-14)10-5-4-9(2)15-8-10/h4-5,8,11-13,16H,3,6-7,14H2,1-2H3. The highest BCUT2D eigenvalue weighted by Crippen LogP contribution is 2.39. The number of hydrazine groups is 1. The first kappa shape index (κ1) is 14.2. The third-order valence-electron chi connectivity index (χ3n) is 3.30. The third-order valence-corrected chi connectivity index (χ3v) is 6.65. The minimum atomic E-state index is 0.195. The molecule has 5 heteroatoms. The Hall–Kier alpha value is -0.230. The second kappa shape index (κ2) is 6.80. The van der Waals surface area contributed by atoms with Gasteiger partial charge in [0.2, 0.25) is 0 Å².